The van der Waals surface area contributed by atoms with Gasteiger partial charge >= 0.3 is 0 Å². The van der Waals surface area contributed by atoms with Gasteiger partial charge in [0, 0.05) is 12.1 Å². The maximum Gasteiger partial charge on any atom is 0.264 e. The van der Waals surface area contributed by atoms with Crippen LogP contribution in [0.2, 0.25) is 0 Å². The number of sulfonamides is 1. The summed E-state index contributed by atoms with van der Waals surface area (Å²) < 4.78 is 27.9. The van der Waals surface area contributed by atoms with E-state index in [-0.39, 0.29) is 6.54 Å². The second-order valence-electron chi connectivity index (χ2n) is 6.90. The lowest BCUT2D eigenvalue weighted by atomic mass is 9.88. The third-order valence-corrected chi connectivity index (χ3v) is 7.02. The van der Waals surface area contributed by atoms with Crippen LogP contribution in [0.15, 0.2) is 47.4 Å². The first-order valence-electron chi connectivity index (χ1n) is 8.36. The number of para-hydroxylation sites is 1. The lowest BCUT2D eigenvalue weighted by Gasteiger charge is -2.38. The van der Waals surface area contributed by atoms with Gasteiger partial charge in [-0.05, 0) is 61.9 Å². The van der Waals surface area contributed by atoms with Gasteiger partial charge in [-0.3, -0.25) is 4.31 Å². The van der Waals surface area contributed by atoms with Crippen LogP contribution in [0.1, 0.15) is 36.5 Å². The Hall–Kier alpha value is -1.85. The Morgan fingerprint density at radius 3 is 2.67 bits per heavy atom. The number of hydrogen-bond acceptors (Lipinski definition) is 3. The molecule has 2 aliphatic rings. The minimum absolute atomic E-state index is 0.281. The molecule has 1 heterocycles. The second-order valence-corrected chi connectivity index (χ2v) is 8.76. The van der Waals surface area contributed by atoms with Crippen LogP contribution in [0.25, 0.3) is 0 Å². The van der Waals surface area contributed by atoms with Crippen LogP contribution in [-0.2, 0) is 28.5 Å². The topological polar surface area (TPSA) is 57.6 Å². The number of aliphatic hydroxyl groups is 1. The maximum absolute atomic E-state index is 13.2. The van der Waals surface area contributed by atoms with Gasteiger partial charge in [-0.15, -0.1) is 0 Å². The van der Waals surface area contributed by atoms with Crippen molar-refractivity contribution in [3.05, 3.63) is 59.2 Å². The molecule has 0 saturated heterocycles. The Balaban J connectivity index is 1.81. The largest absolute Gasteiger partial charge is 0.385 e. The fraction of sp³-hybridized carbons (Fsp3) is 0.368. The molecule has 1 unspecified atom stereocenters. The summed E-state index contributed by atoms with van der Waals surface area (Å²) in [5.74, 6) is 0. The van der Waals surface area contributed by atoms with E-state index >= 15 is 0 Å². The minimum atomic E-state index is -3.62. The zero-order valence-corrected chi connectivity index (χ0v) is 14.5. The summed E-state index contributed by atoms with van der Waals surface area (Å²) >= 11 is 0. The third-order valence-electron chi connectivity index (χ3n) is 5.21. The van der Waals surface area contributed by atoms with Crippen molar-refractivity contribution in [1.29, 1.82) is 0 Å². The van der Waals surface area contributed by atoms with Crippen molar-refractivity contribution >= 4 is 15.7 Å². The monoisotopic (exact) mass is 343 g/mol. The van der Waals surface area contributed by atoms with Crippen molar-refractivity contribution in [2.24, 2.45) is 0 Å². The van der Waals surface area contributed by atoms with Crippen molar-refractivity contribution in [3.63, 3.8) is 0 Å². The Kier molecular flexibility index (Phi) is 3.48. The first-order valence-corrected chi connectivity index (χ1v) is 9.80. The van der Waals surface area contributed by atoms with Gasteiger partial charge in [0.1, 0.15) is 0 Å². The molecule has 126 valence electrons. The van der Waals surface area contributed by atoms with E-state index in [2.05, 4.69) is 0 Å². The lowest BCUT2D eigenvalue weighted by Crippen LogP contribution is -2.42. The van der Waals surface area contributed by atoms with Gasteiger partial charge in [-0.1, -0.05) is 24.3 Å². The maximum atomic E-state index is 13.2. The number of benzene rings is 2. The highest BCUT2D eigenvalue weighted by molar-refractivity contribution is 7.92. The molecular weight excluding hydrogens is 322 g/mol. The van der Waals surface area contributed by atoms with Crippen LogP contribution in [0.5, 0.6) is 0 Å². The predicted octanol–water partition coefficient (Wildman–Crippen LogP) is 2.98. The minimum Gasteiger partial charge on any atom is -0.385 e. The van der Waals surface area contributed by atoms with Gasteiger partial charge in [0.2, 0.25) is 0 Å². The van der Waals surface area contributed by atoms with E-state index in [9.17, 15) is 13.5 Å². The predicted molar refractivity (Wildman–Crippen MR) is 93.6 cm³/mol. The summed E-state index contributed by atoms with van der Waals surface area (Å²) in [6.45, 7) is 2.02. The van der Waals surface area contributed by atoms with E-state index in [4.69, 9.17) is 0 Å². The quantitative estimate of drug-likeness (QED) is 0.912. The van der Waals surface area contributed by atoms with E-state index in [1.54, 1.807) is 25.1 Å². The Bertz CT molecular complexity index is 903. The number of hydrogen-bond donors (Lipinski definition) is 1. The molecule has 24 heavy (non-hydrogen) atoms. The zero-order valence-electron chi connectivity index (χ0n) is 13.7. The van der Waals surface area contributed by atoms with Crippen LogP contribution in [0.4, 0.5) is 5.69 Å². The average molecular weight is 343 g/mol. The molecule has 4 nitrogen and oxygen atoms in total. The molecule has 0 bridgehead atoms. The molecule has 1 aliphatic heterocycles. The van der Waals surface area contributed by atoms with E-state index in [1.807, 2.05) is 24.3 Å². The highest BCUT2D eigenvalue weighted by Gasteiger charge is 2.38. The highest BCUT2D eigenvalue weighted by atomic mass is 32.2. The van der Waals surface area contributed by atoms with Gasteiger partial charge in [0.05, 0.1) is 16.2 Å². The summed E-state index contributed by atoms with van der Waals surface area (Å²) in [6, 6.07) is 12.7. The Morgan fingerprint density at radius 1 is 1.08 bits per heavy atom. The van der Waals surface area contributed by atoms with Gasteiger partial charge in [-0.25, -0.2) is 8.42 Å². The molecule has 0 amide bonds. The van der Waals surface area contributed by atoms with Crippen molar-refractivity contribution in [2.75, 3.05) is 10.8 Å². The van der Waals surface area contributed by atoms with E-state index < -0.39 is 15.6 Å². The standard InChI is InChI=1S/C19H21NO3S/c1-19(21)11-12-20(18-8-3-2-7-17(18)19)24(22,23)16-10-9-14-5-4-6-15(14)13-16/h2-3,7-10,13,21H,4-6,11-12H2,1H3. The molecule has 5 heteroatoms. The highest BCUT2D eigenvalue weighted by Crippen LogP contribution is 2.40. The fourth-order valence-corrected chi connectivity index (χ4v) is 5.34. The van der Waals surface area contributed by atoms with Crippen molar-refractivity contribution < 1.29 is 13.5 Å². The van der Waals surface area contributed by atoms with Crippen molar-refractivity contribution in [2.45, 2.75) is 43.1 Å². The SMILES string of the molecule is CC1(O)CCN(S(=O)(=O)c2ccc3c(c2)CCC3)c2ccccc21. The molecule has 4 rings (SSSR count). The molecule has 0 spiro atoms. The van der Waals surface area contributed by atoms with E-state index in [1.165, 1.54) is 9.87 Å². The average Bonchev–Trinajstić information content (AvgIpc) is 3.02. The summed E-state index contributed by atoms with van der Waals surface area (Å²) in [5, 5.41) is 10.6. The molecule has 0 aromatic heterocycles. The number of nitrogens with zero attached hydrogens (tertiary/aromatic N) is 1. The molecule has 1 aliphatic carbocycles. The summed E-state index contributed by atoms with van der Waals surface area (Å²) in [4.78, 5) is 0.347. The van der Waals surface area contributed by atoms with E-state index in [0.29, 0.717) is 22.6 Å². The summed E-state index contributed by atoms with van der Waals surface area (Å²) in [7, 11) is -3.62. The van der Waals surface area contributed by atoms with Crippen LogP contribution in [-0.4, -0.2) is 20.1 Å². The molecule has 1 atom stereocenters. The van der Waals surface area contributed by atoms with Crippen LogP contribution >= 0.6 is 0 Å². The smallest absolute Gasteiger partial charge is 0.264 e. The van der Waals surface area contributed by atoms with Gasteiger partial charge in [0.25, 0.3) is 10.0 Å². The van der Waals surface area contributed by atoms with E-state index in [0.717, 1.165) is 24.8 Å². The van der Waals surface area contributed by atoms with Crippen molar-refractivity contribution in [3.8, 4) is 0 Å². The molecule has 2 aromatic carbocycles. The first-order chi connectivity index (χ1) is 11.4. The van der Waals surface area contributed by atoms with Gasteiger partial charge in [0.15, 0.2) is 0 Å². The van der Waals surface area contributed by atoms with Gasteiger partial charge < -0.3 is 5.11 Å². The van der Waals surface area contributed by atoms with Crippen LogP contribution < -0.4 is 4.31 Å². The second kappa shape index (κ2) is 5.33. The number of aryl methyl sites for hydroxylation is 2. The van der Waals surface area contributed by atoms with Gasteiger partial charge in [-0.2, -0.15) is 0 Å². The Morgan fingerprint density at radius 2 is 1.83 bits per heavy atom. The normalized spacial score (nSPS) is 23.0. The molecular formula is C19H21NO3S. The number of rotatable bonds is 2. The zero-order chi connectivity index (χ0) is 16.9. The Labute approximate surface area is 142 Å². The lowest BCUT2D eigenvalue weighted by molar-refractivity contribution is 0.0472. The van der Waals surface area contributed by atoms with Crippen molar-refractivity contribution in [1.82, 2.24) is 0 Å². The van der Waals surface area contributed by atoms with Crippen LogP contribution in [0.3, 0.4) is 0 Å². The molecule has 0 saturated carbocycles. The molecule has 0 radical (unpaired) electrons. The molecule has 2 aromatic rings. The first kappa shape index (κ1) is 15.7. The summed E-state index contributed by atoms with van der Waals surface area (Å²) in [5.41, 5.74) is 2.65. The molecule has 0 fully saturated rings. The summed E-state index contributed by atoms with van der Waals surface area (Å²) in [6.07, 6.45) is 3.46. The third kappa shape index (κ3) is 2.34. The molecule has 1 N–H and O–H groups in total. The number of fused-ring (bicyclic) bond motifs is 2. The fourth-order valence-electron chi connectivity index (χ4n) is 3.81. The van der Waals surface area contributed by atoms with Crippen LogP contribution in [0, 0.1) is 0 Å². The number of anilines is 1.